The van der Waals surface area contributed by atoms with E-state index in [1.165, 1.54) is 23.8 Å². The Labute approximate surface area is 168 Å². The molecule has 1 aromatic carbocycles. The molecule has 0 spiro atoms. The average Bonchev–Trinajstić information content (AvgIpc) is 3.21. The molecule has 1 aromatic heterocycles. The van der Waals surface area contributed by atoms with Crippen molar-refractivity contribution < 1.29 is 9.18 Å². The van der Waals surface area contributed by atoms with Crippen molar-refractivity contribution in [1.82, 2.24) is 26.1 Å². The van der Waals surface area contributed by atoms with E-state index in [4.69, 9.17) is 11.6 Å². The molecular weight excluding hydrogens is 381 g/mol. The van der Waals surface area contributed by atoms with E-state index < -0.39 is 5.82 Å². The molecule has 0 saturated carbocycles. The van der Waals surface area contributed by atoms with Gasteiger partial charge in [-0.2, -0.15) is 0 Å². The monoisotopic (exact) mass is 403 g/mol. The first-order chi connectivity index (χ1) is 13.6. The van der Waals surface area contributed by atoms with Gasteiger partial charge < -0.3 is 5.32 Å². The molecule has 2 atom stereocenters. The molecule has 6 nitrogen and oxygen atoms in total. The molecule has 2 saturated heterocycles. The lowest BCUT2D eigenvalue weighted by Crippen LogP contribution is -2.51. The fourth-order valence-corrected chi connectivity index (χ4v) is 4.02. The fourth-order valence-electron chi connectivity index (χ4n) is 3.84. The zero-order valence-electron chi connectivity index (χ0n) is 15.4. The maximum Gasteiger partial charge on any atom is 0.251 e. The number of piperidine rings is 1. The molecule has 3 N–H and O–H groups in total. The van der Waals surface area contributed by atoms with Gasteiger partial charge in [0.2, 0.25) is 0 Å². The summed E-state index contributed by atoms with van der Waals surface area (Å²) in [5.41, 5.74) is 8.29. The molecule has 3 heterocycles. The SMILES string of the molecule is O=C(NC1CCN(C2CC(c3cccnc3)NN2)CC1)c1ccc(F)c(Cl)c1. The summed E-state index contributed by atoms with van der Waals surface area (Å²) in [6.07, 6.45) is 6.65. The summed E-state index contributed by atoms with van der Waals surface area (Å²) in [5, 5.41) is 3.00. The minimum Gasteiger partial charge on any atom is -0.349 e. The van der Waals surface area contributed by atoms with Gasteiger partial charge >= 0.3 is 0 Å². The molecule has 28 heavy (non-hydrogen) atoms. The number of amides is 1. The van der Waals surface area contributed by atoms with Crippen molar-refractivity contribution >= 4 is 17.5 Å². The average molecular weight is 404 g/mol. The van der Waals surface area contributed by atoms with Crippen LogP contribution < -0.4 is 16.2 Å². The predicted octanol–water partition coefficient (Wildman–Crippen LogP) is 2.63. The Hall–Kier alpha value is -2.06. The number of halogens is 2. The summed E-state index contributed by atoms with van der Waals surface area (Å²) in [4.78, 5) is 19.0. The molecule has 148 valence electrons. The fraction of sp³-hybridized carbons (Fsp3) is 0.400. The molecule has 1 amide bonds. The summed E-state index contributed by atoms with van der Waals surface area (Å²) in [6, 6.07) is 8.43. The molecule has 0 bridgehead atoms. The van der Waals surface area contributed by atoms with E-state index in [1.54, 1.807) is 6.20 Å². The van der Waals surface area contributed by atoms with E-state index in [9.17, 15) is 9.18 Å². The van der Waals surface area contributed by atoms with Gasteiger partial charge in [-0.15, -0.1) is 0 Å². The second-order valence-electron chi connectivity index (χ2n) is 7.29. The first kappa shape index (κ1) is 19.3. The quantitative estimate of drug-likeness (QED) is 0.732. The Morgan fingerprint density at radius 1 is 1.25 bits per heavy atom. The maximum absolute atomic E-state index is 13.3. The number of nitrogens with zero attached hydrogens (tertiary/aromatic N) is 2. The van der Waals surface area contributed by atoms with E-state index in [1.807, 2.05) is 12.3 Å². The number of carbonyl (C=O) groups is 1. The van der Waals surface area contributed by atoms with E-state index in [0.29, 0.717) is 5.56 Å². The maximum atomic E-state index is 13.3. The van der Waals surface area contributed by atoms with Crippen LogP contribution in [-0.4, -0.2) is 41.1 Å². The molecule has 2 fully saturated rings. The number of pyridine rings is 1. The van der Waals surface area contributed by atoms with Gasteiger partial charge in [-0.3, -0.25) is 14.7 Å². The lowest BCUT2D eigenvalue weighted by atomic mass is 10.0. The van der Waals surface area contributed by atoms with Crippen LogP contribution >= 0.6 is 11.6 Å². The highest BCUT2D eigenvalue weighted by atomic mass is 35.5. The minimum atomic E-state index is -0.520. The van der Waals surface area contributed by atoms with Gasteiger partial charge in [-0.25, -0.2) is 15.2 Å². The lowest BCUT2D eigenvalue weighted by Gasteiger charge is -2.35. The normalized spacial score (nSPS) is 23.6. The summed E-state index contributed by atoms with van der Waals surface area (Å²) in [5.74, 6) is -0.730. The van der Waals surface area contributed by atoms with Crippen LogP contribution in [0.4, 0.5) is 4.39 Å². The smallest absolute Gasteiger partial charge is 0.251 e. The highest BCUT2D eigenvalue weighted by Crippen LogP contribution is 2.25. The Balaban J connectivity index is 1.27. The third-order valence-electron chi connectivity index (χ3n) is 5.46. The highest BCUT2D eigenvalue weighted by Gasteiger charge is 2.32. The Bertz CT molecular complexity index is 829. The van der Waals surface area contributed by atoms with Crippen molar-refractivity contribution in [3.63, 3.8) is 0 Å². The number of nitrogens with one attached hydrogen (secondary N) is 3. The number of hydrogen-bond acceptors (Lipinski definition) is 5. The number of benzene rings is 1. The van der Waals surface area contributed by atoms with Crippen molar-refractivity contribution in [3.8, 4) is 0 Å². The standard InChI is InChI=1S/C20H23ClFN5O/c21-16-10-13(3-4-17(16)22)20(28)24-15-5-8-27(9-6-15)19-11-18(25-26-19)14-2-1-7-23-12-14/h1-4,7,10,12,15,18-19,25-26H,5-6,8-9,11H2,(H,24,28). The van der Waals surface area contributed by atoms with Crippen molar-refractivity contribution in [2.24, 2.45) is 0 Å². The van der Waals surface area contributed by atoms with Crippen molar-refractivity contribution in [2.75, 3.05) is 13.1 Å². The Kier molecular flexibility index (Phi) is 5.87. The second-order valence-corrected chi connectivity index (χ2v) is 7.70. The van der Waals surface area contributed by atoms with Crippen LogP contribution in [-0.2, 0) is 0 Å². The van der Waals surface area contributed by atoms with Gasteiger partial charge in [0.25, 0.3) is 5.91 Å². The first-order valence-electron chi connectivity index (χ1n) is 9.51. The first-order valence-corrected chi connectivity index (χ1v) is 9.89. The van der Waals surface area contributed by atoms with E-state index in [2.05, 4.69) is 32.1 Å². The van der Waals surface area contributed by atoms with Crippen LogP contribution in [0.25, 0.3) is 0 Å². The number of carbonyl (C=O) groups excluding carboxylic acids is 1. The molecule has 0 aliphatic carbocycles. The van der Waals surface area contributed by atoms with E-state index >= 15 is 0 Å². The lowest BCUT2D eigenvalue weighted by molar-refractivity contribution is 0.0880. The molecular formula is C20H23ClFN5O. The number of likely N-dealkylation sites (tertiary alicyclic amines) is 1. The van der Waals surface area contributed by atoms with Crippen LogP contribution in [0.3, 0.4) is 0 Å². The van der Waals surface area contributed by atoms with E-state index in [-0.39, 0.29) is 29.2 Å². The third kappa shape index (κ3) is 4.33. The Morgan fingerprint density at radius 2 is 2.07 bits per heavy atom. The highest BCUT2D eigenvalue weighted by molar-refractivity contribution is 6.31. The Morgan fingerprint density at radius 3 is 2.79 bits per heavy atom. The van der Waals surface area contributed by atoms with Crippen LogP contribution in [0.15, 0.2) is 42.7 Å². The van der Waals surface area contributed by atoms with E-state index in [0.717, 1.165) is 32.4 Å². The number of hydrazine groups is 1. The van der Waals surface area contributed by atoms with Gasteiger partial charge in [0.1, 0.15) is 5.82 Å². The van der Waals surface area contributed by atoms with Crippen LogP contribution in [0.5, 0.6) is 0 Å². The van der Waals surface area contributed by atoms with Gasteiger partial charge in [-0.1, -0.05) is 17.7 Å². The topological polar surface area (TPSA) is 69.3 Å². The van der Waals surface area contributed by atoms with Crippen molar-refractivity contribution in [2.45, 2.75) is 37.5 Å². The van der Waals surface area contributed by atoms with Gasteiger partial charge in [0.05, 0.1) is 17.2 Å². The zero-order chi connectivity index (χ0) is 19.5. The molecule has 0 radical (unpaired) electrons. The van der Waals surface area contributed by atoms with Crippen molar-refractivity contribution in [3.05, 3.63) is 64.7 Å². The largest absolute Gasteiger partial charge is 0.349 e. The number of rotatable bonds is 4. The van der Waals surface area contributed by atoms with Crippen molar-refractivity contribution in [1.29, 1.82) is 0 Å². The predicted molar refractivity (Wildman–Crippen MR) is 105 cm³/mol. The molecule has 8 heteroatoms. The van der Waals surface area contributed by atoms with Gasteiger partial charge in [0.15, 0.2) is 0 Å². The third-order valence-corrected chi connectivity index (χ3v) is 5.75. The van der Waals surface area contributed by atoms with Gasteiger partial charge in [0, 0.05) is 37.1 Å². The summed E-state index contributed by atoms with van der Waals surface area (Å²) >= 11 is 5.77. The summed E-state index contributed by atoms with van der Waals surface area (Å²) in [7, 11) is 0. The molecule has 2 unspecified atom stereocenters. The molecule has 4 rings (SSSR count). The summed E-state index contributed by atoms with van der Waals surface area (Å²) in [6.45, 7) is 1.79. The minimum absolute atomic E-state index is 0.0366. The van der Waals surface area contributed by atoms with Crippen LogP contribution in [0.1, 0.15) is 41.2 Å². The van der Waals surface area contributed by atoms with Gasteiger partial charge in [-0.05, 0) is 49.1 Å². The van der Waals surface area contributed by atoms with Crippen LogP contribution in [0, 0.1) is 5.82 Å². The molecule has 2 aliphatic heterocycles. The molecule has 2 aromatic rings. The molecule has 2 aliphatic rings. The zero-order valence-corrected chi connectivity index (χ0v) is 16.1. The van der Waals surface area contributed by atoms with Crippen LogP contribution in [0.2, 0.25) is 5.02 Å². The second kappa shape index (κ2) is 8.53. The number of hydrogen-bond donors (Lipinski definition) is 3. The number of aromatic nitrogens is 1. The summed E-state index contributed by atoms with van der Waals surface area (Å²) < 4.78 is 13.3.